The molecule has 0 spiro atoms. The van der Waals surface area contributed by atoms with Crippen LogP contribution in [-0.4, -0.2) is 77.4 Å². The number of morpholine rings is 2. The second-order valence-corrected chi connectivity index (χ2v) is 10.5. The number of nitriles is 1. The fourth-order valence-corrected chi connectivity index (χ4v) is 6.33. The Morgan fingerprint density at radius 2 is 2.00 bits per heavy atom. The van der Waals surface area contributed by atoms with Gasteiger partial charge in [-0.2, -0.15) is 5.26 Å². The molecule has 9 nitrogen and oxygen atoms in total. The fraction of sp³-hybridized carbons (Fsp3) is 0.464. The fourth-order valence-electron chi connectivity index (χ4n) is 6.33. The molecule has 0 radical (unpaired) electrons. The number of nitrogens with one attached hydrogen (secondary N) is 2. The summed E-state index contributed by atoms with van der Waals surface area (Å²) in [7, 11) is 0. The number of aromatic amines is 1. The molecule has 9 heteroatoms. The van der Waals surface area contributed by atoms with Crippen LogP contribution in [0, 0.1) is 11.3 Å². The predicted octanol–water partition coefficient (Wildman–Crippen LogP) is 3.10. The highest BCUT2D eigenvalue weighted by Gasteiger charge is 2.38. The van der Waals surface area contributed by atoms with Crippen LogP contribution in [0.25, 0.3) is 22.2 Å². The maximum absolute atomic E-state index is 13.5. The molecular formula is C28H30N6O3. The summed E-state index contributed by atoms with van der Waals surface area (Å²) < 4.78 is 11.8. The minimum atomic E-state index is 0.0651. The lowest BCUT2D eigenvalue weighted by molar-refractivity contribution is -0.0291. The van der Waals surface area contributed by atoms with Crippen molar-refractivity contribution in [3.8, 4) is 17.2 Å². The Morgan fingerprint density at radius 3 is 2.78 bits per heavy atom. The molecule has 2 amide bonds. The van der Waals surface area contributed by atoms with Gasteiger partial charge in [-0.05, 0) is 53.6 Å². The number of H-pyrrole nitrogens is 1. The predicted molar refractivity (Wildman–Crippen MR) is 137 cm³/mol. The third-order valence-electron chi connectivity index (χ3n) is 8.24. The molecule has 3 aromatic rings. The molecule has 7 rings (SSSR count). The number of urea groups is 1. The molecule has 4 aliphatic rings. The third kappa shape index (κ3) is 4.06. The summed E-state index contributed by atoms with van der Waals surface area (Å²) in [5, 5.41) is 13.9. The van der Waals surface area contributed by atoms with E-state index >= 15 is 0 Å². The highest BCUT2D eigenvalue weighted by Crippen LogP contribution is 2.35. The lowest BCUT2D eigenvalue weighted by atomic mass is 9.87. The van der Waals surface area contributed by atoms with Crippen molar-refractivity contribution in [1.82, 2.24) is 25.1 Å². The van der Waals surface area contributed by atoms with Crippen LogP contribution in [0.2, 0.25) is 0 Å². The van der Waals surface area contributed by atoms with Crippen molar-refractivity contribution in [1.29, 1.82) is 5.26 Å². The molecule has 3 fully saturated rings. The number of carbonyl (C=O) groups excluding carboxylic acids is 1. The van der Waals surface area contributed by atoms with Gasteiger partial charge in [0.2, 0.25) is 0 Å². The number of amides is 2. The topological polar surface area (TPSA) is 107 Å². The summed E-state index contributed by atoms with van der Waals surface area (Å²) >= 11 is 0. The van der Waals surface area contributed by atoms with Crippen LogP contribution in [0.15, 0.2) is 30.6 Å². The summed E-state index contributed by atoms with van der Waals surface area (Å²) in [6.07, 6.45) is 6.85. The summed E-state index contributed by atoms with van der Waals surface area (Å²) in [6.45, 7) is 4.79. The van der Waals surface area contributed by atoms with Gasteiger partial charge in [-0.15, -0.1) is 0 Å². The van der Waals surface area contributed by atoms with Gasteiger partial charge in [0.1, 0.15) is 11.7 Å². The monoisotopic (exact) mass is 498 g/mol. The zero-order chi connectivity index (χ0) is 24.9. The summed E-state index contributed by atoms with van der Waals surface area (Å²) in [4.78, 5) is 25.2. The summed E-state index contributed by atoms with van der Waals surface area (Å²) in [6, 6.07) is 8.93. The Balaban J connectivity index is 1.24. The second kappa shape index (κ2) is 9.14. The zero-order valence-electron chi connectivity index (χ0n) is 20.7. The SMILES string of the molecule is N#Cc1c[nH]c2ncc(-c3cc4c(c([C@@H]5COCCN5)c3)CN(C(=O)N3CC5CCC(C3)O5)CC4)cc12. The van der Waals surface area contributed by atoms with Crippen LogP contribution in [0.5, 0.6) is 0 Å². The maximum Gasteiger partial charge on any atom is 0.320 e. The molecule has 190 valence electrons. The average Bonchev–Trinajstić information content (AvgIpc) is 3.53. The van der Waals surface area contributed by atoms with Crippen LogP contribution in [0.4, 0.5) is 4.79 Å². The van der Waals surface area contributed by atoms with Gasteiger partial charge in [-0.1, -0.05) is 6.07 Å². The van der Waals surface area contributed by atoms with E-state index in [0.29, 0.717) is 50.6 Å². The van der Waals surface area contributed by atoms with Gasteiger partial charge in [0.05, 0.1) is 37.0 Å². The molecule has 0 aliphatic carbocycles. The van der Waals surface area contributed by atoms with Crippen molar-refractivity contribution in [2.24, 2.45) is 0 Å². The molecule has 3 saturated heterocycles. The van der Waals surface area contributed by atoms with Crippen LogP contribution in [-0.2, 0) is 22.4 Å². The standard InChI is InChI=1S/C28H30N6O3/c29-10-20-12-32-27-23(20)9-19(11-31-27)18-7-17-3-5-33(28(35)34-13-21-1-2-22(14-34)37-21)15-25(17)24(8-18)26-16-36-6-4-30-26/h7-9,11-12,21-22,26,30H,1-6,13-16H2,(H,31,32)/t21?,22?,26-/m0/s1. The number of benzene rings is 1. The number of pyridine rings is 1. The molecule has 1 aromatic carbocycles. The van der Waals surface area contributed by atoms with Gasteiger partial charge >= 0.3 is 6.03 Å². The second-order valence-electron chi connectivity index (χ2n) is 10.5. The smallest absolute Gasteiger partial charge is 0.320 e. The average molecular weight is 499 g/mol. The maximum atomic E-state index is 13.5. The number of nitrogens with zero attached hydrogens (tertiary/aromatic N) is 4. The van der Waals surface area contributed by atoms with E-state index in [1.807, 2.05) is 22.1 Å². The van der Waals surface area contributed by atoms with Crippen molar-refractivity contribution in [3.63, 3.8) is 0 Å². The quantitative estimate of drug-likeness (QED) is 0.562. The first-order chi connectivity index (χ1) is 18.2. The number of likely N-dealkylation sites (tertiary alicyclic amines) is 1. The van der Waals surface area contributed by atoms with Gasteiger partial charge in [0.15, 0.2) is 0 Å². The van der Waals surface area contributed by atoms with E-state index < -0.39 is 0 Å². The Morgan fingerprint density at radius 1 is 1.14 bits per heavy atom. The molecule has 2 N–H and O–H groups in total. The molecule has 0 saturated carbocycles. The number of carbonyl (C=O) groups is 1. The molecule has 2 bridgehead atoms. The Hall–Kier alpha value is -3.45. The normalized spacial score (nSPS) is 25.2. The molecule has 2 unspecified atom stereocenters. The van der Waals surface area contributed by atoms with E-state index in [1.165, 1.54) is 16.7 Å². The number of hydrogen-bond acceptors (Lipinski definition) is 6. The Kier molecular flexibility index (Phi) is 5.61. The number of rotatable bonds is 2. The number of fused-ring (bicyclic) bond motifs is 4. The molecule has 6 heterocycles. The molecule has 3 atom stereocenters. The highest BCUT2D eigenvalue weighted by molar-refractivity contribution is 5.87. The van der Waals surface area contributed by atoms with Gasteiger partial charge < -0.3 is 29.6 Å². The van der Waals surface area contributed by atoms with E-state index in [4.69, 9.17) is 9.47 Å². The summed E-state index contributed by atoms with van der Waals surface area (Å²) in [5.74, 6) is 0. The van der Waals surface area contributed by atoms with Gasteiger partial charge in [-0.25, -0.2) is 9.78 Å². The van der Waals surface area contributed by atoms with Gasteiger partial charge in [-0.3, -0.25) is 0 Å². The first-order valence-corrected chi connectivity index (χ1v) is 13.2. The Labute approximate surface area is 215 Å². The van der Waals surface area contributed by atoms with Crippen molar-refractivity contribution in [2.45, 2.75) is 44.1 Å². The van der Waals surface area contributed by atoms with E-state index in [1.54, 1.807) is 6.20 Å². The van der Waals surface area contributed by atoms with Gasteiger partial charge in [0.25, 0.3) is 0 Å². The largest absolute Gasteiger partial charge is 0.378 e. The molecule has 37 heavy (non-hydrogen) atoms. The van der Waals surface area contributed by atoms with Crippen molar-refractivity contribution in [2.75, 3.05) is 39.4 Å². The van der Waals surface area contributed by atoms with E-state index in [-0.39, 0.29) is 24.3 Å². The van der Waals surface area contributed by atoms with Crippen LogP contribution < -0.4 is 5.32 Å². The number of ether oxygens (including phenoxy) is 2. The lowest BCUT2D eigenvalue weighted by Crippen LogP contribution is -2.52. The van der Waals surface area contributed by atoms with Crippen LogP contribution in [0.3, 0.4) is 0 Å². The van der Waals surface area contributed by atoms with Crippen LogP contribution in [0.1, 0.15) is 41.1 Å². The van der Waals surface area contributed by atoms with Crippen molar-refractivity contribution < 1.29 is 14.3 Å². The lowest BCUT2D eigenvalue weighted by Gasteiger charge is -2.39. The minimum Gasteiger partial charge on any atom is -0.378 e. The van der Waals surface area contributed by atoms with Crippen molar-refractivity contribution in [3.05, 3.63) is 52.8 Å². The third-order valence-corrected chi connectivity index (χ3v) is 8.24. The molecule has 4 aliphatic heterocycles. The molecule has 2 aromatic heterocycles. The van der Waals surface area contributed by atoms with Crippen LogP contribution >= 0.6 is 0 Å². The molecular weight excluding hydrogens is 468 g/mol. The number of hydrogen-bond donors (Lipinski definition) is 2. The van der Waals surface area contributed by atoms with E-state index in [0.717, 1.165) is 42.3 Å². The first-order valence-electron chi connectivity index (χ1n) is 13.2. The Bertz CT molecular complexity index is 1390. The number of aromatic nitrogens is 2. The van der Waals surface area contributed by atoms with Crippen molar-refractivity contribution >= 4 is 17.1 Å². The minimum absolute atomic E-state index is 0.0651. The first kappa shape index (κ1) is 22.7. The summed E-state index contributed by atoms with van der Waals surface area (Å²) in [5.41, 5.74) is 7.02. The highest BCUT2D eigenvalue weighted by atomic mass is 16.5. The van der Waals surface area contributed by atoms with E-state index in [2.05, 4.69) is 33.5 Å². The van der Waals surface area contributed by atoms with Gasteiger partial charge in [0, 0.05) is 56.1 Å². The zero-order valence-corrected chi connectivity index (χ0v) is 20.7. The van der Waals surface area contributed by atoms with E-state index in [9.17, 15) is 10.1 Å².